The third-order valence-electron chi connectivity index (χ3n) is 4.34. The molecule has 0 fully saturated rings. The van der Waals surface area contributed by atoms with Crippen LogP contribution in [0.5, 0.6) is 0 Å². The summed E-state index contributed by atoms with van der Waals surface area (Å²) in [5, 5.41) is 4.00. The zero-order chi connectivity index (χ0) is 18.5. The van der Waals surface area contributed by atoms with E-state index >= 15 is 0 Å². The minimum absolute atomic E-state index is 0.0525. The van der Waals surface area contributed by atoms with Crippen LogP contribution in [0.15, 0.2) is 67.3 Å². The van der Waals surface area contributed by atoms with Crippen molar-refractivity contribution in [1.82, 2.24) is 19.9 Å². The number of hydrogen-bond donors (Lipinski definition) is 1. The van der Waals surface area contributed by atoms with Gasteiger partial charge < -0.3 is 9.88 Å². The lowest BCUT2D eigenvalue weighted by molar-refractivity contribution is -0.121. The van der Waals surface area contributed by atoms with Gasteiger partial charge in [0.1, 0.15) is 0 Å². The maximum absolute atomic E-state index is 12.1. The second-order valence-corrected chi connectivity index (χ2v) is 7.52. The van der Waals surface area contributed by atoms with Crippen molar-refractivity contribution in [1.29, 1.82) is 0 Å². The Kier molecular flexibility index (Phi) is 5.25. The Morgan fingerprint density at radius 1 is 1.07 bits per heavy atom. The molecular weight excluding hydrogens is 356 g/mol. The van der Waals surface area contributed by atoms with Gasteiger partial charge in [0.25, 0.3) is 0 Å². The van der Waals surface area contributed by atoms with Crippen molar-refractivity contribution in [2.45, 2.75) is 25.9 Å². The molecule has 27 heavy (non-hydrogen) atoms. The van der Waals surface area contributed by atoms with Gasteiger partial charge in [0.2, 0.25) is 5.91 Å². The first-order valence-corrected chi connectivity index (χ1v) is 9.72. The number of rotatable bonds is 7. The summed E-state index contributed by atoms with van der Waals surface area (Å²) in [6, 6.07) is 16.3. The predicted octanol–water partition coefficient (Wildman–Crippen LogP) is 3.79. The van der Waals surface area contributed by atoms with E-state index in [0.717, 1.165) is 22.6 Å². The van der Waals surface area contributed by atoms with E-state index < -0.39 is 0 Å². The molecule has 0 unspecified atom stereocenters. The molecule has 0 radical (unpaired) electrons. The molecule has 2 heterocycles. The van der Waals surface area contributed by atoms with Crippen molar-refractivity contribution in [3.05, 3.63) is 83.4 Å². The molecule has 5 nitrogen and oxygen atoms in total. The summed E-state index contributed by atoms with van der Waals surface area (Å²) >= 11 is 1.66. The average Bonchev–Trinajstić information content (AvgIpc) is 3.35. The molecule has 2 aromatic heterocycles. The van der Waals surface area contributed by atoms with Gasteiger partial charge in [0.15, 0.2) is 0 Å². The number of hydrogen-bond acceptors (Lipinski definition) is 4. The number of aromatic nitrogens is 3. The normalized spacial score (nSPS) is 11.0. The maximum atomic E-state index is 12.1. The lowest BCUT2D eigenvalue weighted by atomic mass is 10.1. The van der Waals surface area contributed by atoms with Crippen molar-refractivity contribution in [2.75, 3.05) is 0 Å². The Morgan fingerprint density at radius 2 is 1.89 bits per heavy atom. The second kappa shape index (κ2) is 8.14. The van der Waals surface area contributed by atoms with Crippen LogP contribution < -0.4 is 5.32 Å². The topological polar surface area (TPSA) is 59.8 Å². The minimum atomic E-state index is 0.0525. The van der Waals surface area contributed by atoms with Gasteiger partial charge in [-0.05, 0) is 23.3 Å². The largest absolute Gasteiger partial charge is 0.352 e. The van der Waals surface area contributed by atoms with E-state index in [2.05, 4.69) is 45.6 Å². The van der Waals surface area contributed by atoms with Crippen LogP contribution >= 0.6 is 11.3 Å². The molecule has 1 amide bonds. The molecule has 0 bridgehead atoms. The van der Waals surface area contributed by atoms with E-state index in [4.69, 9.17) is 0 Å². The fraction of sp³-hybridized carbons (Fsp3) is 0.190. The van der Waals surface area contributed by atoms with Crippen molar-refractivity contribution in [3.63, 3.8) is 0 Å². The number of aryl methyl sites for hydroxylation is 1. The number of thiazole rings is 1. The molecule has 0 spiro atoms. The molecule has 4 rings (SSSR count). The van der Waals surface area contributed by atoms with Crippen molar-refractivity contribution in [2.24, 2.45) is 0 Å². The van der Waals surface area contributed by atoms with Gasteiger partial charge in [-0.15, -0.1) is 11.3 Å². The number of para-hydroxylation sites is 1. The van der Waals surface area contributed by atoms with E-state index in [9.17, 15) is 4.79 Å². The smallest absolute Gasteiger partial charge is 0.220 e. The molecule has 0 saturated heterocycles. The molecule has 2 aromatic carbocycles. The number of fused-ring (bicyclic) bond motifs is 1. The van der Waals surface area contributed by atoms with Crippen LogP contribution in [0.2, 0.25) is 0 Å². The van der Waals surface area contributed by atoms with Gasteiger partial charge in [-0.1, -0.05) is 36.4 Å². The number of imidazole rings is 1. The second-order valence-electron chi connectivity index (χ2n) is 6.40. The molecule has 0 saturated carbocycles. The maximum Gasteiger partial charge on any atom is 0.220 e. The average molecular weight is 376 g/mol. The zero-order valence-electron chi connectivity index (χ0n) is 14.8. The number of benzene rings is 2. The summed E-state index contributed by atoms with van der Waals surface area (Å²) in [5.41, 5.74) is 3.31. The molecule has 4 aromatic rings. The summed E-state index contributed by atoms with van der Waals surface area (Å²) < 4.78 is 3.20. The van der Waals surface area contributed by atoms with Crippen molar-refractivity contribution >= 4 is 27.5 Å². The number of amides is 1. The van der Waals surface area contributed by atoms with Gasteiger partial charge >= 0.3 is 0 Å². The van der Waals surface area contributed by atoms with Crippen LogP contribution in [-0.4, -0.2) is 20.4 Å². The first-order chi connectivity index (χ1) is 13.3. The first kappa shape index (κ1) is 17.4. The van der Waals surface area contributed by atoms with Crippen LogP contribution in [-0.2, 0) is 24.3 Å². The van der Waals surface area contributed by atoms with Crippen molar-refractivity contribution in [3.8, 4) is 0 Å². The van der Waals surface area contributed by atoms with E-state index in [1.54, 1.807) is 23.9 Å². The SMILES string of the molecule is O=C(CCc1nc2ccccc2s1)NCc1ccc(Cn2ccnc2)cc1. The molecule has 0 aliphatic heterocycles. The zero-order valence-corrected chi connectivity index (χ0v) is 15.7. The Bertz CT molecular complexity index is 989. The van der Waals surface area contributed by atoms with Gasteiger partial charge in [-0.3, -0.25) is 4.79 Å². The standard InChI is InChI=1S/C21H20N4OS/c26-20(9-10-21-24-18-3-1-2-4-19(18)27-21)23-13-16-5-7-17(8-6-16)14-25-12-11-22-15-25/h1-8,11-12,15H,9-10,13-14H2,(H,23,26). The van der Waals surface area contributed by atoms with E-state index in [1.807, 2.05) is 29.0 Å². The highest BCUT2D eigenvalue weighted by Crippen LogP contribution is 2.22. The first-order valence-electron chi connectivity index (χ1n) is 8.91. The number of carbonyl (C=O) groups is 1. The van der Waals surface area contributed by atoms with E-state index in [-0.39, 0.29) is 5.91 Å². The third kappa shape index (κ3) is 4.60. The molecule has 0 atom stereocenters. The number of carbonyl (C=O) groups excluding carboxylic acids is 1. The highest BCUT2D eigenvalue weighted by atomic mass is 32.1. The molecule has 0 aliphatic carbocycles. The van der Waals surface area contributed by atoms with Gasteiger partial charge in [-0.2, -0.15) is 0 Å². The monoisotopic (exact) mass is 376 g/mol. The van der Waals surface area contributed by atoms with Crippen LogP contribution in [0.3, 0.4) is 0 Å². The Hall–Kier alpha value is -2.99. The Morgan fingerprint density at radius 3 is 2.67 bits per heavy atom. The lowest BCUT2D eigenvalue weighted by Crippen LogP contribution is -2.22. The van der Waals surface area contributed by atoms with Gasteiger partial charge in [0.05, 0.1) is 21.6 Å². The van der Waals surface area contributed by atoms with Crippen LogP contribution in [0, 0.1) is 0 Å². The summed E-state index contributed by atoms with van der Waals surface area (Å²) in [5.74, 6) is 0.0525. The Balaban J connectivity index is 1.25. The van der Waals surface area contributed by atoms with Crippen LogP contribution in [0.25, 0.3) is 10.2 Å². The third-order valence-corrected chi connectivity index (χ3v) is 5.44. The predicted molar refractivity (Wildman–Crippen MR) is 108 cm³/mol. The quantitative estimate of drug-likeness (QED) is 0.534. The van der Waals surface area contributed by atoms with Crippen LogP contribution in [0.4, 0.5) is 0 Å². The van der Waals surface area contributed by atoms with E-state index in [1.165, 1.54) is 10.3 Å². The number of nitrogens with one attached hydrogen (secondary N) is 1. The molecule has 6 heteroatoms. The summed E-state index contributed by atoms with van der Waals surface area (Å²) in [6.45, 7) is 1.35. The lowest BCUT2D eigenvalue weighted by Gasteiger charge is -2.07. The summed E-state index contributed by atoms with van der Waals surface area (Å²) in [6.07, 6.45) is 6.66. The summed E-state index contributed by atoms with van der Waals surface area (Å²) in [4.78, 5) is 20.8. The molecule has 136 valence electrons. The molecular formula is C21H20N4OS. The van der Waals surface area contributed by atoms with E-state index in [0.29, 0.717) is 19.4 Å². The fourth-order valence-electron chi connectivity index (χ4n) is 2.89. The highest BCUT2D eigenvalue weighted by Gasteiger charge is 2.07. The summed E-state index contributed by atoms with van der Waals surface area (Å²) in [7, 11) is 0. The minimum Gasteiger partial charge on any atom is -0.352 e. The van der Waals surface area contributed by atoms with Gasteiger partial charge in [-0.25, -0.2) is 9.97 Å². The van der Waals surface area contributed by atoms with Crippen LogP contribution in [0.1, 0.15) is 22.6 Å². The molecule has 0 aliphatic rings. The molecule has 1 N–H and O–H groups in total. The fourth-order valence-corrected chi connectivity index (χ4v) is 3.86. The number of nitrogens with zero attached hydrogens (tertiary/aromatic N) is 3. The highest BCUT2D eigenvalue weighted by molar-refractivity contribution is 7.18. The van der Waals surface area contributed by atoms with Gasteiger partial charge in [0, 0.05) is 38.3 Å². The van der Waals surface area contributed by atoms with Crippen molar-refractivity contribution < 1.29 is 4.79 Å². The Labute approximate surface area is 161 Å².